The molecule has 0 bridgehead atoms. The Labute approximate surface area is 219 Å². The fourth-order valence-electron chi connectivity index (χ4n) is 4.54. The van der Waals surface area contributed by atoms with Gasteiger partial charge in [-0.15, -0.1) is 5.10 Å². The van der Waals surface area contributed by atoms with Gasteiger partial charge in [0.15, 0.2) is 5.82 Å². The van der Waals surface area contributed by atoms with Crippen molar-refractivity contribution in [1.29, 1.82) is 0 Å². The standard InChI is InChI=1S/C29H27FN4O4/c1-18-26(31-28(36)38-19(2)24-6-4-5-7-25(24)30)34(33-32-18)23-14-10-21(11-15-23)20-8-12-22(13-9-20)29(16-17-29)27(35)37-3/h4-15,19H,16-17H2,1-3H3,(H,31,36). The van der Waals surface area contributed by atoms with Crippen LogP contribution >= 0.6 is 0 Å². The fraction of sp³-hybridized carbons (Fsp3) is 0.241. The number of hydrogen-bond donors (Lipinski definition) is 1. The predicted octanol–water partition coefficient (Wildman–Crippen LogP) is 5.90. The number of methoxy groups -OCH3 is 1. The third-order valence-corrected chi connectivity index (χ3v) is 6.89. The van der Waals surface area contributed by atoms with Gasteiger partial charge >= 0.3 is 12.1 Å². The van der Waals surface area contributed by atoms with Gasteiger partial charge in [0.2, 0.25) is 0 Å². The molecule has 1 atom stereocenters. The number of nitrogens with one attached hydrogen (secondary N) is 1. The average Bonchev–Trinajstić information content (AvgIpc) is 3.67. The molecule has 1 N–H and O–H groups in total. The lowest BCUT2D eigenvalue weighted by Crippen LogP contribution is -2.21. The van der Waals surface area contributed by atoms with Gasteiger partial charge in [0.1, 0.15) is 17.6 Å². The molecule has 1 fully saturated rings. The first-order chi connectivity index (χ1) is 18.3. The van der Waals surface area contributed by atoms with Crippen LogP contribution in [0.25, 0.3) is 16.8 Å². The van der Waals surface area contributed by atoms with Crippen molar-refractivity contribution in [3.05, 3.63) is 95.4 Å². The van der Waals surface area contributed by atoms with Gasteiger partial charge in [-0.1, -0.05) is 59.8 Å². The number of hydrogen-bond acceptors (Lipinski definition) is 6. The quantitative estimate of drug-likeness (QED) is 0.309. The molecule has 9 heteroatoms. The molecule has 1 heterocycles. The van der Waals surface area contributed by atoms with Gasteiger partial charge in [-0.05, 0) is 61.6 Å². The second-order valence-electron chi connectivity index (χ2n) is 9.33. The van der Waals surface area contributed by atoms with E-state index in [2.05, 4.69) is 15.6 Å². The number of halogens is 1. The number of amides is 1. The zero-order valence-corrected chi connectivity index (χ0v) is 21.3. The molecule has 38 heavy (non-hydrogen) atoms. The number of esters is 1. The van der Waals surface area contributed by atoms with E-state index in [-0.39, 0.29) is 11.5 Å². The Morgan fingerprint density at radius 1 is 1.00 bits per heavy atom. The minimum absolute atomic E-state index is 0.187. The van der Waals surface area contributed by atoms with E-state index < -0.39 is 23.4 Å². The summed E-state index contributed by atoms with van der Waals surface area (Å²) in [5.74, 6) is -0.279. The number of benzene rings is 3. The zero-order valence-electron chi connectivity index (χ0n) is 21.3. The molecule has 1 aliphatic rings. The number of carbonyl (C=O) groups is 2. The van der Waals surface area contributed by atoms with Crippen LogP contribution in [0, 0.1) is 12.7 Å². The summed E-state index contributed by atoms with van der Waals surface area (Å²) in [6.45, 7) is 3.32. The third kappa shape index (κ3) is 4.74. The fourth-order valence-corrected chi connectivity index (χ4v) is 4.54. The van der Waals surface area contributed by atoms with Crippen LogP contribution in [-0.2, 0) is 19.7 Å². The molecular formula is C29H27FN4O4. The van der Waals surface area contributed by atoms with Gasteiger partial charge in [0.25, 0.3) is 0 Å². The second-order valence-corrected chi connectivity index (χ2v) is 9.33. The molecule has 194 valence electrons. The molecule has 3 aromatic carbocycles. The molecule has 1 amide bonds. The summed E-state index contributed by atoms with van der Waals surface area (Å²) in [6, 6.07) is 21.7. The van der Waals surface area contributed by atoms with E-state index in [0.29, 0.717) is 17.2 Å². The van der Waals surface area contributed by atoms with Gasteiger partial charge in [-0.3, -0.25) is 10.1 Å². The minimum Gasteiger partial charge on any atom is -0.468 e. The Hall–Kier alpha value is -4.53. The lowest BCUT2D eigenvalue weighted by Gasteiger charge is -2.15. The van der Waals surface area contributed by atoms with Crippen LogP contribution in [0.1, 0.15) is 42.7 Å². The molecule has 1 aliphatic carbocycles. The van der Waals surface area contributed by atoms with Gasteiger partial charge < -0.3 is 9.47 Å². The Morgan fingerprint density at radius 3 is 2.24 bits per heavy atom. The molecule has 8 nitrogen and oxygen atoms in total. The number of aryl methyl sites for hydroxylation is 1. The lowest BCUT2D eigenvalue weighted by molar-refractivity contribution is -0.143. The highest BCUT2D eigenvalue weighted by Gasteiger charge is 2.52. The molecule has 0 saturated heterocycles. The third-order valence-electron chi connectivity index (χ3n) is 6.89. The maximum absolute atomic E-state index is 14.0. The summed E-state index contributed by atoms with van der Waals surface area (Å²) < 4.78 is 25.9. The summed E-state index contributed by atoms with van der Waals surface area (Å²) in [4.78, 5) is 24.8. The number of nitrogens with zero attached hydrogens (tertiary/aromatic N) is 3. The van der Waals surface area contributed by atoms with E-state index >= 15 is 0 Å². The zero-order chi connectivity index (χ0) is 26.9. The van der Waals surface area contributed by atoms with Crippen molar-refractivity contribution in [2.75, 3.05) is 12.4 Å². The first-order valence-electron chi connectivity index (χ1n) is 12.3. The molecule has 0 spiro atoms. The van der Waals surface area contributed by atoms with E-state index in [0.717, 1.165) is 29.5 Å². The number of ether oxygens (including phenoxy) is 2. The molecule has 4 aromatic rings. The van der Waals surface area contributed by atoms with Gasteiger partial charge in [0, 0.05) is 5.56 Å². The van der Waals surface area contributed by atoms with Crippen LogP contribution < -0.4 is 5.32 Å². The van der Waals surface area contributed by atoms with Crippen molar-refractivity contribution < 1.29 is 23.5 Å². The summed E-state index contributed by atoms with van der Waals surface area (Å²) >= 11 is 0. The van der Waals surface area contributed by atoms with Crippen molar-refractivity contribution in [2.24, 2.45) is 0 Å². The monoisotopic (exact) mass is 514 g/mol. The second kappa shape index (κ2) is 10.1. The smallest absolute Gasteiger partial charge is 0.413 e. The molecular weight excluding hydrogens is 487 g/mol. The summed E-state index contributed by atoms with van der Waals surface area (Å²) in [5.41, 5.74) is 3.92. The van der Waals surface area contributed by atoms with Gasteiger partial charge in [0.05, 0.1) is 18.2 Å². The molecule has 5 rings (SSSR count). The number of aromatic nitrogens is 3. The van der Waals surface area contributed by atoms with E-state index in [9.17, 15) is 14.0 Å². The molecule has 0 radical (unpaired) electrons. The molecule has 1 saturated carbocycles. The van der Waals surface area contributed by atoms with Crippen LogP contribution in [0.5, 0.6) is 0 Å². The van der Waals surface area contributed by atoms with E-state index in [1.807, 2.05) is 48.5 Å². The van der Waals surface area contributed by atoms with Crippen molar-refractivity contribution in [1.82, 2.24) is 15.0 Å². The highest BCUT2D eigenvalue weighted by atomic mass is 19.1. The summed E-state index contributed by atoms with van der Waals surface area (Å²) in [5, 5.41) is 10.9. The van der Waals surface area contributed by atoms with Crippen LogP contribution in [0.4, 0.5) is 15.0 Å². The summed E-state index contributed by atoms with van der Waals surface area (Å²) in [6.07, 6.45) is 0.0759. The minimum atomic E-state index is -0.783. The first-order valence-corrected chi connectivity index (χ1v) is 12.3. The van der Waals surface area contributed by atoms with Crippen LogP contribution in [-0.4, -0.2) is 34.2 Å². The number of rotatable bonds is 7. The van der Waals surface area contributed by atoms with Crippen LogP contribution in [0.15, 0.2) is 72.8 Å². The average molecular weight is 515 g/mol. The first kappa shape index (κ1) is 25.1. The Morgan fingerprint density at radius 2 is 1.63 bits per heavy atom. The largest absolute Gasteiger partial charge is 0.468 e. The maximum Gasteiger partial charge on any atom is 0.413 e. The molecule has 1 aromatic heterocycles. The van der Waals surface area contributed by atoms with Crippen LogP contribution in [0.2, 0.25) is 0 Å². The molecule has 1 unspecified atom stereocenters. The lowest BCUT2D eigenvalue weighted by atomic mass is 9.94. The van der Waals surface area contributed by atoms with Crippen molar-refractivity contribution in [2.45, 2.75) is 38.2 Å². The molecule has 0 aliphatic heterocycles. The van der Waals surface area contributed by atoms with Crippen LogP contribution in [0.3, 0.4) is 0 Å². The highest BCUT2D eigenvalue weighted by molar-refractivity contribution is 5.87. The van der Waals surface area contributed by atoms with Gasteiger partial charge in [-0.25, -0.2) is 9.18 Å². The number of anilines is 1. The predicted molar refractivity (Wildman–Crippen MR) is 139 cm³/mol. The van der Waals surface area contributed by atoms with Crippen molar-refractivity contribution >= 4 is 17.9 Å². The van der Waals surface area contributed by atoms with Crippen molar-refractivity contribution in [3.8, 4) is 16.8 Å². The SMILES string of the molecule is COC(=O)C1(c2ccc(-c3ccc(-n4nnc(C)c4NC(=O)OC(C)c4ccccc4F)cc3)cc2)CC1. The van der Waals surface area contributed by atoms with Crippen molar-refractivity contribution in [3.63, 3.8) is 0 Å². The maximum atomic E-state index is 14.0. The van der Waals surface area contributed by atoms with E-state index in [1.54, 1.807) is 32.0 Å². The highest BCUT2D eigenvalue weighted by Crippen LogP contribution is 2.49. The number of carbonyl (C=O) groups excluding carboxylic acids is 2. The Kier molecular flexibility index (Phi) is 6.67. The Bertz CT molecular complexity index is 1480. The summed E-state index contributed by atoms with van der Waals surface area (Å²) in [7, 11) is 1.42. The normalized spacial score (nSPS) is 14.4. The van der Waals surface area contributed by atoms with E-state index in [1.165, 1.54) is 17.9 Å². The van der Waals surface area contributed by atoms with Gasteiger partial charge in [-0.2, -0.15) is 4.68 Å². The topological polar surface area (TPSA) is 95.3 Å². The Balaban J connectivity index is 1.30. The van der Waals surface area contributed by atoms with E-state index in [4.69, 9.17) is 9.47 Å².